The number of hydrogen-bond donors (Lipinski definition) is 0. The lowest BCUT2D eigenvalue weighted by Crippen LogP contribution is -2.47. The van der Waals surface area contributed by atoms with Crippen LogP contribution in [-0.4, -0.2) is 29.8 Å². The van der Waals surface area contributed by atoms with Crippen LogP contribution in [0.15, 0.2) is 36.4 Å². The van der Waals surface area contributed by atoms with Gasteiger partial charge in [0.1, 0.15) is 6.04 Å². The Morgan fingerprint density at radius 1 is 1.26 bits per heavy atom. The number of anilines is 1. The number of likely N-dealkylation sites (N-methyl/N-ethyl adjacent to an activating group) is 1. The summed E-state index contributed by atoms with van der Waals surface area (Å²) < 4.78 is 0. The van der Waals surface area contributed by atoms with E-state index >= 15 is 0 Å². The molecule has 0 spiro atoms. The van der Waals surface area contributed by atoms with Gasteiger partial charge in [-0.2, -0.15) is 0 Å². The van der Waals surface area contributed by atoms with E-state index in [0.717, 1.165) is 16.1 Å². The number of hydrogen-bond acceptors (Lipinski definition) is 3. The number of carbonyl (C=O) groups is 2. The second kappa shape index (κ2) is 6.16. The summed E-state index contributed by atoms with van der Waals surface area (Å²) in [6, 6.07) is 11.4. The van der Waals surface area contributed by atoms with E-state index in [1.807, 2.05) is 24.3 Å². The number of fused-ring (bicyclic) bond motifs is 1. The molecule has 0 N–H and O–H groups in total. The van der Waals surface area contributed by atoms with Crippen molar-refractivity contribution < 1.29 is 9.59 Å². The molecule has 1 aromatic carbocycles. The molecule has 2 aromatic rings. The van der Waals surface area contributed by atoms with E-state index < -0.39 is 6.04 Å². The first-order chi connectivity index (χ1) is 11.0. The van der Waals surface area contributed by atoms with Crippen molar-refractivity contribution in [2.24, 2.45) is 0 Å². The summed E-state index contributed by atoms with van der Waals surface area (Å²) in [5.41, 5.74) is 1.92. The van der Waals surface area contributed by atoms with Gasteiger partial charge in [-0.1, -0.05) is 18.2 Å². The summed E-state index contributed by atoms with van der Waals surface area (Å²) in [6.07, 6.45) is 0.586. The largest absolute Gasteiger partial charge is 0.339 e. The van der Waals surface area contributed by atoms with Crippen molar-refractivity contribution >= 4 is 28.8 Å². The van der Waals surface area contributed by atoms with Gasteiger partial charge in [0, 0.05) is 35.8 Å². The number of thiophene rings is 1. The van der Waals surface area contributed by atoms with Crippen LogP contribution < -0.4 is 4.90 Å². The summed E-state index contributed by atoms with van der Waals surface area (Å²) in [5.74, 6) is -0.101. The monoisotopic (exact) mass is 328 g/mol. The molecule has 0 aliphatic carbocycles. The standard InChI is InChI=1S/C18H20N2O2S/c1-12-8-9-15(23-12)11-19(3)18(22)17-10-14-6-4-5-7-16(14)20(17)13(2)21/h4-9,17H,10-11H2,1-3H3/t17-/m0/s1. The lowest BCUT2D eigenvalue weighted by Gasteiger charge is -2.27. The van der Waals surface area contributed by atoms with Gasteiger partial charge in [0.15, 0.2) is 0 Å². The van der Waals surface area contributed by atoms with E-state index in [2.05, 4.69) is 19.1 Å². The van der Waals surface area contributed by atoms with Crippen molar-refractivity contribution in [1.29, 1.82) is 0 Å². The number of aryl methyl sites for hydroxylation is 1. The molecule has 1 aliphatic heterocycles. The fraction of sp³-hybridized carbons (Fsp3) is 0.333. The Hall–Kier alpha value is -2.14. The van der Waals surface area contributed by atoms with Gasteiger partial charge < -0.3 is 4.90 Å². The minimum Gasteiger partial charge on any atom is -0.339 e. The van der Waals surface area contributed by atoms with Crippen LogP contribution in [0, 0.1) is 6.92 Å². The summed E-state index contributed by atoms with van der Waals surface area (Å²) in [4.78, 5) is 30.7. The average Bonchev–Trinajstić information content (AvgIpc) is 3.09. The van der Waals surface area contributed by atoms with Crippen molar-refractivity contribution in [3.05, 3.63) is 51.7 Å². The summed E-state index contributed by atoms with van der Waals surface area (Å²) in [5, 5.41) is 0. The Kier molecular flexibility index (Phi) is 4.22. The second-order valence-corrected chi connectivity index (χ2v) is 7.32. The predicted octanol–water partition coefficient (Wildman–Crippen LogP) is 2.99. The van der Waals surface area contributed by atoms with E-state index in [9.17, 15) is 9.59 Å². The van der Waals surface area contributed by atoms with E-state index in [1.54, 1.807) is 28.2 Å². The normalized spacial score (nSPS) is 16.3. The molecule has 0 bridgehead atoms. The van der Waals surface area contributed by atoms with Crippen LogP contribution in [0.2, 0.25) is 0 Å². The number of amides is 2. The summed E-state index contributed by atoms with van der Waals surface area (Å²) in [7, 11) is 1.80. The molecule has 0 fully saturated rings. The van der Waals surface area contributed by atoms with Gasteiger partial charge in [0.2, 0.25) is 11.8 Å². The highest BCUT2D eigenvalue weighted by Crippen LogP contribution is 2.33. The molecule has 1 aliphatic rings. The molecule has 4 nitrogen and oxygen atoms in total. The van der Waals surface area contributed by atoms with Gasteiger partial charge in [-0.05, 0) is 30.7 Å². The number of rotatable bonds is 3. The minimum absolute atomic E-state index is 0.0116. The minimum atomic E-state index is -0.434. The Bertz CT molecular complexity index is 753. The quantitative estimate of drug-likeness (QED) is 0.869. The lowest BCUT2D eigenvalue weighted by atomic mass is 10.1. The van der Waals surface area contributed by atoms with Crippen molar-refractivity contribution in [3.8, 4) is 0 Å². The van der Waals surface area contributed by atoms with Crippen molar-refractivity contribution in [2.45, 2.75) is 32.9 Å². The van der Waals surface area contributed by atoms with Crippen LogP contribution in [0.25, 0.3) is 0 Å². The maximum atomic E-state index is 12.9. The van der Waals surface area contributed by atoms with Crippen LogP contribution >= 0.6 is 11.3 Å². The van der Waals surface area contributed by atoms with Gasteiger partial charge in [-0.25, -0.2) is 0 Å². The van der Waals surface area contributed by atoms with E-state index in [1.165, 1.54) is 11.8 Å². The SMILES string of the molecule is CC(=O)N1c2ccccc2C[C@H]1C(=O)N(C)Cc1ccc(C)s1. The third-order valence-electron chi connectivity index (χ3n) is 4.17. The number of para-hydroxylation sites is 1. The highest BCUT2D eigenvalue weighted by Gasteiger charge is 2.38. The molecule has 0 unspecified atom stereocenters. The van der Waals surface area contributed by atoms with Crippen LogP contribution in [0.5, 0.6) is 0 Å². The zero-order valence-electron chi connectivity index (χ0n) is 13.6. The predicted molar refractivity (Wildman–Crippen MR) is 92.6 cm³/mol. The fourth-order valence-electron chi connectivity index (χ4n) is 3.11. The van der Waals surface area contributed by atoms with Gasteiger partial charge in [0.05, 0.1) is 6.54 Å². The molecule has 1 aromatic heterocycles. The molecule has 2 amide bonds. The maximum Gasteiger partial charge on any atom is 0.246 e. The van der Waals surface area contributed by atoms with Crippen molar-refractivity contribution in [3.63, 3.8) is 0 Å². The van der Waals surface area contributed by atoms with Crippen LogP contribution in [0.1, 0.15) is 22.2 Å². The van der Waals surface area contributed by atoms with Crippen molar-refractivity contribution in [1.82, 2.24) is 4.90 Å². The Morgan fingerprint density at radius 3 is 2.65 bits per heavy atom. The summed E-state index contributed by atoms with van der Waals surface area (Å²) in [6.45, 7) is 4.15. The van der Waals surface area contributed by atoms with E-state index in [-0.39, 0.29) is 11.8 Å². The van der Waals surface area contributed by atoms with Crippen LogP contribution in [0.4, 0.5) is 5.69 Å². The molecule has 5 heteroatoms. The molecule has 0 radical (unpaired) electrons. The van der Waals surface area contributed by atoms with E-state index in [4.69, 9.17) is 0 Å². The Balaban J connectivity index is 1.80. The third kappa shape index (κ3) is 3.01. The number of carbonyl (C=O) groups excluding carboxylic acids is 2. The van der Waals surface area contributed by atoms with Gasteiger partial charge in [-0.15, -0.1) is 11.3 Å². The number of benzene rings is 1. The molecule has 23 heavy (non-hydrogen) atoms. The molecular weight excluding hydrogens is 308 g/mol. The Morgan fingerprint density at radius 2 is 2.00 bits per heavy atom. The van der Waals surface area contributed by atoms with Crippen molar-refractivity contribution in [2.75, 3.05) is 11.9 Å². The fourth-order valence-corrected chi connectivity index (χ4v) is 4.05. The average molecular weight is 328 g/mol. The zero-order chi connectivity index (χ0) is 16.6. The third-order valence-corrected chi connectivity index (χ3v) is 5.15. The first-order valence-electron chi connectivity index (χ1n) is 7.65. The van der Waals surface area contributed by atoms with Crippen LogP contribution in [-0.2, 0) is 22.6 Å². The van der Waals surface area contributed by atoms with E-state index in [0.29, 0.717) is 13.0 Å². The molecule has 0 saturated carbocycles. The second-order valence-electron chi connectivity index (χ2n) is 5.94. The van der Waals surface area contributed by atoms with Gasteiger partial charge >= 0.3 is 0 Å². The number of nitrogens with zero attached hydrogens (tertiary/aromatic N) is 2. The topological polar surface area (TPSA) is 40.6 Å². The molecule has 2 heterocycles. The highest BCUT2D eigenvalue weighted by molar-refractivity contribution is 7.11. The lowest BCUT2D eigenvalue weighted by molar-refractivity contribution is -0.133. The van der Waals surface area contributed by atoms with Crippen LogP contribution in [0.3, 0.4) is 0 Å². The van der Waals surface area contributed by atoms with Gasteiger partial charge in [-0.3, -0.25) is 14.5 Å². The maximum absolute atomic E-state index is 12.9. The smallest absolute Gasteiger partial charge is 0.246 e. The molecular formula is C18H20N2O2S. The van der Waals surface area contributed by atoms with Gasteiger partial charge in [0.25, 0.3) is 0 Å². The first kappa shape index (κ1) is 15.7. The first-order valence-corrected chi connectivity index (χ1v) is 8.47. The highest BCUT2D eigenvalue weighted by atomic mass is 32.1. The molecule has 120 valence electrons. The molecule has 3 rings (SSSR count). The summed E-state index contributed by atoms with van der Waals surface area (Å²) >= 11 is 1.70. The molecule has 0 saturated heterocycles. The Labute approximate surface area is 140 Å². The zero-order valence-corrected chi connectivity index (χ0v) is 14.4. The molecule has 1 atom stereocenters.